The summed E-state index contributed by atoms with van der Waals surface area (Å²) in [6.07, 6.45) is 8.89. The van der Waals surface area contributed by atoms with Crippen LogP contribution in [0, 0.1) is 5.82 Å². The van der Waals surface area contributed by atoms with Gasteiger partial charge in [-0.1, -0.05) is 6.07 Å². The summed E-state index contributed by atoms with van der Waals surface area (Å²) in [5.41, 5.74) is 8.13. The average Bonchev–Trinajstić information content (AvgIpc) is 3.44. The van der Waals surface area contributed by atoms with Crippen LogP contribution in [-0.4, -0.2) is 39.9 Å². The number of anilines is 1. The lowest BCUT2D eigenvalue weighted by Gasteiger charge is -2.03. The van der Waals surface area contributed by atoms with E-state index in [1.807, 2.05) is 12.1 Å². The number of thiazole rings is 1. The first-order valence-corrected chi connectivity index (χ1v) is 11.8. The van der Waals surface area contributed by atoms with E-state index in [4.69, 9.17) is 10.5 Å². The van der Waals surface area contributed by atoms with E-state index in [1.54, 1.807) is 29.5 Å². The number of aryl methyl sites for hydroxylation is 1. The van der Waals surface area contributed by atoms with Crippen molar-refractivity contribution >= 4 is 22.9 Å². The van der Waals surface area contributed by atoms with Crippen molar-refractivity contribution in [3.63, 3.8) is 0 Å². The zero-order valence-electron chi connectivity index (χ0n) is 18.1. The first kappa shape index (κ1) is 22.6. The minimum atomic E-state index is -0.329. The number of amides is 1. The molecule has 1 saturated carbocycles. The van der Waals surface area contributed by atoms with Crippen molar-refractivity contribution in [2.45, 2.75) is 44.1 Å². The number of hydrogen-bond acceptors (Lipinski definition) is 6. The predicted molar refractivity (Wildman–Crippen MR) is 123 cm³/mol. The van der Waals surface area contributed by atoms with Crippen LogP contribution in [0.4, 0.5) is 10.1 Å². The molecule has 1 aliphatic heterocycles. The summed E-state index contributed by atoms with van der Waals surface area (Å²) in [6.45, 7) is 1.77. The van der Waals surface area contributed by atoms with E-state index in [-0.39, 0.29) is 17.4 Å². The van der Waals surface area contributed by atoms with Crippen LogP contribution in [0.2, 0.25) is 0 Å². The van der Waals surface area contributed by atoms with Crippen molar-refractivity contribution in [1.29, 1.82) is 0 Å². The molecule has 3 aromatic rings. The maximum atomic E-state index is 14.2. The van der Waals surface area contributed by atoms with Gasteiger partial charge in [0.15, 0.2) is 0 Å². The van der Waals surface area contributed by atoms with Crippen LogP contribution in [0.3, 0.4) is 0 Å². The third kappa shape index (κ3) is 5.99. The summed E-state index contributed by atoms with van der Waals surface area (Å²) < 4.78 is 20.9. The third-order valence-electron chi connectivity index (χ3n) is 5.47. The van der Waals surface area contributed by atoms with Gasteiger partial charge in [-0.3, -0.25) is 9.48 Å². The second-order valence-corrected chi connectivity index (χ2v) is 9.07. The van der Waals surface area contributed by atoms with E-state index in [0.29, 0.717) is 28.2 Å². The van der Waals surface area contributed by atoms with E-state index in [2.05, 4.69) is 15.4 Å². The summed E-state index contributed by atoms with van der Waals surface area (Å²) in [7, 11) is 1.77. The molecule has 1 aromatic carbocycles. The Kier molecular flexibility index (Phi) is 7.29. The first-order chi connectivity index (χ1) is 15.5. The molecule has 1 saturated heterocycles. The summed E-state index contributed by atoms with van der Waals surface area (Å²) >= 11 is 1.27. The van der Waals surface area contributed by atoms with Crippen molar-refractivity contribution in [3.05, 3.63) is 53.0 Å². The molecule has 9 heteroatoms. The minimum Gasteiger partial charge on any atom is -0.381 e. The lowest BCUT2D eigenvalue weighted by Crippen LogP contribution is -2.19. The molecule has 7 nitrogen and oxygen atoms in total. The molecular weight excluding hydrogens is 429 g/mol. The second-order valence-electron chi connectivity index (χ2n) is 8.21. The molecule has 2 fully saturated rings. The number of nitrogens with zero attached hydrogens (tertiary/aromatic N) is 3. The smallest absolute Gasteiger partial charge is 0.275 e. The van der Waals surface area contributed by atoms with Crippen molar-refractivity contribution in [2.75, 3.05) is 18.5 Å². The molecule has 2 aromatic heterocycles. The lowest BCUT2D eigenvalue weighted by molar-refractivity contribution is 0.102. The van der Waals surface area contributed by atoms with Crippen LogP contribution < -0.4 is 11.1 Å². The Morgan fingerprint density at radius 1 is 1.28 bits per heavy atom. The number of benzene rings is 1. The largest absolute Gasteiger partial charge is 0.381 e. The fourth-order valence-electron chi connectivity index (χ4n) is 3.49. The van der Waals surface area contributed by atoms with E-state index in [1.165, 1.54) is 17.4 Å². The number of aromatic nitrogens is 3. The van der Waals surface area contributed by atoms with E-state index >= 15 is 0 Å². The zero-order valence-corrected chi connectivity index (χ0v) is 18.9. The molecule has 170 valence electrons. The standard InChI is InChI=1S/C17H15FN4OS.C6H13NO/c1-22-8-12(7-19-22)20-16(23)15-9-24-17(21-15)13-6-11(10-2-3-10)4-5-14(13)18;7-6-2-1-4-8-5-3-6/h4-10H,2-3H2,1H3,(H,20,23);6H,1-5,7H2. The van der Waals surface area contributed by atoms with Crippen LogP contribution in [0.5, 0.6) is 0 Å². The molecule has 32 heavy (non-hydrogen) atoms. The van der Waals surface area contributed by atoms with Gasteiger partial charge in [0.25, 0.3) is 5.91 Å². The molecule has 3 heterocycles. The SMILES string of the molecule is Cn1cc(NC(=O)c2csc(-c3cc(C4CC4)ccc3F)n2)cn1.NC1CCCOCC1. The van der Waals surface area contributed by atoms with Crippen LogP contribution in [0.15, 0.2) is 36.0 Å². The minimum absolute atomic E-state index is 0.273. The number of carbonyl (C=O) groups is 1. The molecule has 3 N–H and O–H groups in total. The van der Waals surface area contributed by atoms with Crippen LogP contribution in [0.25, 0.3) is 10.6 Å². The number of carbonyl (C=O) groups excluding carboxylic acids is 1. The Bertz CT molecular complexity index is 1050. The van der Waals surface area contributed by atoms with Crippen molar-refractivity contribution < 1.29 is 13.9 Å². The van der Waals surface area contributed by atoms with Gasteiger partial charge in [0.05, 0.1) is 11.9 Å². The summed E-state index contributed by atoms with van der Waals surface area (Å²) in [5, 5.41) is 8.88. The zero-order chi connectivity index (χ0) is 22.5. The van der Waals surface area contributed by atoms with Crippen LogP contribution >= 0.6 is 11.3 Å². The fourth-order valence-corrected chi connectivity index (χ4v) is 4.31. The predicted octanol–water partition coefficient (Wildman–Crippen LogP) is 4.33. The van der Waals surface area contributed by atoms with Gasteiger partial charge >= 0.3 is 0 Å². The van der Waals surface area contributed by atoms with Gasteiger partial charge in [0, 0.05) is 43.4 Å². The van der Waals surface area contributed by atoms with E-state index < -0.39 is 0 Å². The number of nitrogens with two attached hydrogens (primary N) is 1. The Morgan fingerprint density at radius 3 is 2.88 bits per heavy atom. The topological polar surface area (TPSA) is 95.1 Å². The molecule has 1 unspecified atom stereocenters. The summed E-state index contributed by atoms with van der Waals surface area (Å²) in [6, 6.07) is 5.58. The van der Waals surface area contributed by atoms with E-state index in [0.717, 1.165) is 50.9 Å². The molecule has 0 bridgehead atoms. The highest BCUT2D eigenvalue weighted by atomic mass is 32.1. The number of ether oxygens (including phenoxy) is 1. The Morgan fingerprint density at radius 2 is 2.12 bits per heavy atom. The highest BCUT2D eigenvalue weighted by molar-refractivity contribution is 7.13. The molecule has 1 atom stereocenters. The summed E-state index contributed by atoms with van der Waals surface area (Å²) in [4.78, 5) is 16.5. The molecular formula is C23H28FN5O2S. The Labute approximate surface area is 190 Å². The Balaban J connectivity index is 0.000000260. The third-order valence-corrected chi connectivity index (χ3v) is 6.34. The summed E-state index contributed by atoms with van der Waals surface area (Å²) in [5.74, 6) is -0.102. The molecule has 1 amide bonds. The van der Waals surface area contributed by atoms with E-state index in [9.17, 15) is 9.18 Å². The maximum absolute atomic E-state index is 14.2. The average molecular weight is 458 g/mol. The molecule has 0 radical (unpaired) electrons. The van der Waals surface area contributed by atoms with Gasteiger partial charge in [-0.2, -0.15) is 5.10 Å². The molecule has 5 rings (SSSR count). The lowest BCUT2D eigenvalue weighted by atomic mass is 10.1. The van der Waals surface area contributed by atoms with Gasteiger partial charge in [-0.15, -0.1) is 11.3 Å². The van der Waals surface area contributed by atoms with Crippen molar-refractivity contribution in [2.24, 2.45) is 12.8 Å². The van der Waals surface area contributed by atoms with Gasteiger partial charge in [0.2, 0.25) is 0 Å². The second kappa shape index (κ2) is 10.3. The van der Waals surface area contributed by atoms with Crippen molar-refractivity contribution in [1.82, 2.24) is 14.8 Å². The van der Waals surface area contributed by atoms with Crippen LogP contribution in [-0.2, 0) is 11.8 Å². The fraction of sp³-hybridized carbons (Fsp3) is 0.435. The molecule has 0 spiro atoms. The Hall–Kier alpha value is -2.62. The maximum Gasteiger partial charge on any atom is 0.275 e. The quantitative estimate of drug-likeness (QED) is 0.608. The van der Waals surface area contributed by atoms with Gasteiger partial charge in [-0.05, 0) is 55.7 Å². The monoisotopic (exact) mass is 457 g/mol. The van der Waals surface area contributed by atoms with Gasteiger partial charge in [0.1, 0.15) is 16.5 Å². The number of hydrogen-bond donors (Lipinski definition) is 2. The normalized spacial score (nSPS) is 18.4. The molecule has 2 aliphatic rings. The van der Waals surface area contributed by atoms with Gasteiger partial charge < -0.3 is 15.8 Å². The van der Waals surface area contributed by atoms with Crippen LogP contribution in [0.1, 0.15) is 54.1 Å². The number of halogens is 1. The first-order valence-electron chi connectivity index (χ1n) is 10.9. The number of rotatable bonds is 4. The van der Waals surface area contributed by atoms with Gasteiger partial charge in [-0.25, -0.2) is 9.37 Å². The number of nitrogens with one attached hydrogen (secondary N) is 1. The highest BCUT2D eigenvalue weighted by Crippen LogP contribution is 2.41. The van der Waals surface area contributed by atoms with Crippen molar-refractivity contribution in [3.8, 4) is 10.6 Å². The highest BCUT2D eigenvalue weighted by Gasteiger charge is 2.25. The molecule has 1 aliphatic carbocycles.